The van der Waals surface area contributed by atoms with Crippen LogP contribution in [0.15, 0.2) is 71.1 Å². The average Bonchev–Trinajstić information content (AvgIpc) is 3.21. The summed E-state index contributed by atoms with van der Waals surface area (Å²) in [4.78, 5) is 4.76. The van der Waals surface area contributed by atoms with Crippen LogP contribution in [0, 0.1) is 6.92 Å². The number of aryl methyl sites for hydroxylation is 1. The van der Waals surface area contributed by atoms with Crippen molar-refractivity contribution in [1.82, 2.24) is 8.96 Å². The van der Waals surface area contributed by atoms with Crippen LogP contribution in [0.4, 0.5) is 0 Å². The molecule has 0 fully saturated rings. The molecular weight excluding hydrogens is 340 g/mol. The number of benzene rings is 2. The molecule has 4 rings (SSSR count). The molecule has 2 heterocycles. The van der Waals surface area contributed by atoms with Crippen LogP contribution in [0.1, 0.15) is 5.69 Å². The van der Waals surface area contributed by atoms with Crippen LogP contribution < -0.4 is 0 Å². The molecule has 0 radical (unpaired) electrons. The SMILES string of the molecule is Cc1csc(-c2ccc3c(ccn3S(=O)(=O)c3ccccc3)c2)n1. The molecule has 0 N–H and O–H groups in total. The van der Waals surface area contributed by atoms with E-state index < -0.39 is 10.0 Å². The van der Waals surface area contributed by atoms with E-state index in [-0.39, 0.29) is 4.90 Å². The third-order valence-corrected chi connectivity index (χ3v) is 6.53. The topological polar surface area (TPSA) is 52.0 Å². The summed E-state index contributed by atoms with van der Waals surface area (Å²) in [7, 11) is -3.59. The fourth-order valence-corrected chi connectivity index (χ4v) is 4.82. The Bertz CT molecular complexity index is 1130. The zero-order chi connectivity index (χ0) is 16.7. The standard InChI is InChI=1S/C18H14N2O2S2/c1-13-12-23-18(19-13)15-7-8-17-14(11-15)9-10-20(17)24(21,22)16-5-3-2-4-6-16/h2-12H,1H3. The minimum atomic E-state index is -3.59. The molecule has 0 aliphatic rings. The summed E-state index contributed by atoms with van der Waals surface area (Å²) >= 11 is 1.58. The van der Waals surface area contributed by atoms with E-state index in [1.165, 1.54) is 3.97 Å². The van der Waals surface area contributed by atoms with Crippen LogP contribution >= 0.6 is 11.3 Å². The van der Waals surface area contributed by atoms with Crippen molar-refractivity contribution in [1.29, 1.82) is 0 Å². The molecule has 2 aromatic carbocycles. The van der Waals surface area contributed by atoms with Gasteiger partial charge >= 0.3 is 0 Å². The van der Waals surface area contributed by atoms with Crippen LogP contribution in [0.2, 0.25) is 0 Å². The van der Waals surface area contributed by atoms with E-state index in [2.05, 4.69) is 4.98 Å². The largest absolute Gasteiger partial charge is 0.268 e. The zero-order valence-electron chi connectivity index (χ0n) is 12.9. The Kier molecular flexibility index (Phi) is 3.51. The first kappa shape index (κ1) is 15.1. The van der Waals surface area contributed by atoms with Crippen molar-refractivity contribution in [3.05, 3.63) is 71.9 Å². The monoisotopic (exact) mass is 354 g/mol. The molecule has 0 atom stereocenters. The highest BCUT2D eigenvalue weighted by Crippen LogP contribution is 2.29. The number of rotatable bonds is 3. The maximum atomic E-state index is 12.8. The summed E-state index contributed by atoms with van der Waals surface area (Å²) in [6, 6.07) is 16.0. The molecule has 120 valence electrons. The van der Waals surface area contributed by atoms with Crippen LogP contribution in [0.25, 0.3) is 21.5 Å². The normalized spacial score (nSPS) is 11.9. The van der Waals surface area contributed by atoms with E-state index in [1.54, 1.807) is 47.9 Å². The Balaban J connectivity index is 1.84. The molecule has 4 nitrogen and oxygen atoms in total. The number of fused-ring (bicyclic) bond motifs is 1. The summed E-state index contributed by atoms with van der Waals surface area (Å²) in [5, 5.41) is 3.82. The van der Waals surface area contributed by atoms with Gasteiger partial charge < -0.3 is 0 Å². The van der Waals surface area contributed by atoms with Crippen LogP contribution in [0.3, 0.4) is 0 Å². The lowest BCUT2D eigenvalue weighted by Gasteiger charge is -2.07. The molecule has 2 aromatic heterocycles. The first-order valence-corrected chi connectivity index (χ1v) is 9.72. The van der Waals surface area contributed by atoms with Crippen molar-refractivity contribution < 1.29 is 8.42 Å². The van der Waals surface area contributed by atoms with Crippen molar-refractivity contribution >= 4 is 32.3 Å². The van der Waals surface area contributed by atoms with Gasteiger partial charge in [-0.15, -0.1) is 11.3 Å². The number of aromatic nitrogens is 2. The lowest BCUT2D eigenvalue weighted by atomic mass is 10.2. The summed E-state index contributed by atoms with van der Waals surface area (Å²) in [5.41, 5.74) is 2.64. The molecule has 0 aliphatic heterocycles. The molecule has 0 aliphatic carbocycles. The maximum absolute atomic E-state index is 12.8. The lowest BCUT2D eigenvalue weighted by molar-refractivity contribution is 0.589. The van der Waals surface area contributed by atoms with Gasteiger partial charge in [-0.1, -0.05) is 18.2 Å². The number of nitrogens with zero attached hydrogens (tertiary/aromatic N) is 2. The van der Waals surface area contributed by atoms with E-state index in [4.69, 9.17) is 0 Å². The van der Waals surface area contributed by atoms with Crippen LogP contribution in [-0.4, -0.2) is 17.4 Å². The van der Waals surface area contributed by atoms with Gasteiger partial charge in [0.1, 0.15) is 5.01 Å². The van der Waals surface area contributed by atoms with Crippen molar-refractivity contribution in [2.45, 2.75) is 11.8 Å². The zero-order valence-corrected chi connectivity index (χ0v) is 14.5. The van der Waals surface area contributed by atoms with Crippen molar-refractivity contribution in [2.75, 3.05) is 0 Å². The Morgan fingerprint density at radius 2 is 1.83 bits per heavy atom. The average molecular weight is 354 g/mol. The molecule has 0 amide bonds. The number of hydrogen-bond donors (Lipinski definition) is 0. The second kappa shape index (κ2) is 5.58. The highest BCUT2D eigenvalue weighted by atomic mass is 32.2. The van der Waals surface area contributed by atoms with Gasteiger partial charge in [-0.2, -0.15) is 0 Å². The lowest BCUT2D eigenvalue weighted by Crippen LogP contribution is -2.11. The molecule has 6 heteroatoms. The second-order valence-electron chi connectivity index (χ2n) is 5.50. The smallest absolute Gasteiger partial charge is 0.241 e. The van der Waals surface area contributed by atoms with Gasteiger partial charge in [0.05, 0.1) is 10.4 Å². The molecule has 0 saturated heterocycles. The molecule has 0 bridgehead atoms. The Morgan fingerprint density at radius 3 is 2.54 bits per heavy atom. The van der Waals surface area contributed by atoms with E-state index in [9.17, 15) is 8.42 Å². The Morgan fingerprint density at radius 1 is 1.04 bits per heavy atom. The summed E-state index contributed by atoms with van der Waals surface area (Å²) in [6.07, 6.45) is 1.60. The van der Waals surface area contributed by atoms with Crippen LogP contribution in [0.5, 0.6) is 0 Å². The fourth-order valence-electron chi connectivity index (χ4n) is 2.65. The van der Waals surface area contributed by atoms with Gasteiger partial charge in [-0.25, -0.2) is 17.4 Å². The molecule has 4 aromatic rings. The third-order valence-electron chi connectivity index (χ3n) is 3.82. The fraction of sp³-hybridized carbons (Fsp3) is 0.0556. The van der Waals surface area contributed by atoms with E-state index in [0.717, 1.165) is 21.7 Å². The summed E-state index contributed by atoms with van der Waals surface area (Å²) in [5.74, 6) is 0. The minimum Gasteiger partial charge on any atom is -0.241 e. The maximum Gasteiger partial charge on any atom is 0.268 e. The third kappa shape index (κ3) is 2.44. The molecular formula is C18H14N2O2S2. The summed E-state index contributed by atoms with van der Waals surface area (Å²) < 4.78 is 27.0. The van der Waals surface area contributed by atoms with Crippen LogP contribution in [-0.2, 0) is 10.0 Å². The first-order valence-electron chi connectivity index (χ1n) is 7.40. The van der Waals surface area contributed by atoms with Crippen molar-refractivity contribution in [3.63, 3.8) is 0 Å². The number of thiazole rings is 1. The van der Waals surface area contributed by atoms with E-state index in [1.807, 2.05) is 36.6 Å². The van der Waals surface area contributed by atoms with Gasteiger partial charge in [0, 0.05) is 28.2 Å². The number of hydrogen-bond acceptors (Lipinski definition) is 4. The Hall–Kier alpha value is -2.44. The highest BCUT2D eigenvalue weighted by molar-refractivity contribution is 7.90. The van der Waals surface area contributed by atoms with E-state index >= 15 is 0 Å². The van der Waals surface area contributed by atoms with Crippen molar-refractivity contribution in [3.8, 4) is 10.6 Å². The van der Waals surface area contributed by atoms with Gasteiger partial charge in [0.15, 0.2) is 0 Å². The molecule has 24 heavy (non-hydrogen) atoms. The molecule has 0 saturated carbocycles. The first-order chi connectivity index (χ1) is 11.6. The van der Waals surface area contributed by atoms with Crippen molar-refractivity contribution in [2.24, 2.45) is 0 Å². The molecule has 0 spiro atoms. The minimum absolute atomic E-state index is 0.280. The second-order valence-corrected chi connectivity index (χ2v) is 8.17. The van der Waals surface area contributed by atoms with Gasteiger partial charge in [0.2, 0.25) is 0 Å². The Labute approximate surface area is 144 Å². The predicted molar refractivity (Wildman–Crippen MR) is 96.8 cm³/mol. The van der Waals surface area contributed by atoms with E-state index in [0.29, 0.717) is 5.52 Å². The van der Waals surface area contributed by atoms with Gasteiger partial charge in [-0.3, -0.25) is 0 Å². The van der Waals surface area contributed by atoms with Gasteiger partial charge in [-0.05, 0) is 43.3 Å². The summed E-state index contributed by atoms with van der Waals surface area (Å²) in [6.45, 7) is 1.96. The van der Waals surface area contributed by atoms with Gasteiger partial charge in [0.25, 0.3) is 10.0 Å². The predicted octanol–water partition coefficient (Wildman–Crippen LogP) is 4.31. The molecule has 0 unspecified atom stereocenters. The quantitative estimate of drug-likeness (QED) is 0.551. The highest BCUT2D eigenvalue weighted by Gasteiger charge is 2.18.